The summed E-state index contributed by atoms with van der Waals surface area (Å²) in [6.45, 7) is 5.87. The highest BCUT2D eigenvalue weighted by Gasteiger charge is 2.30. The van der Waals surface area contributed by atoms with Gasteiger partial charge in [0.05, 0.1) is 13.2 Å². The van der Waals surface area contributed by atoms with Crippen molar-refractivity contribution >= 4 is 77.2 Å². The van der Waals surface area contributed by atoms with Gasteiger partial charge >= 0.3 is 35.8 Å². The molecule has 0 aromatic rings. The van der Waals surface area contributed by atoms with Crippen LogP contribution in [0.1, 0.15) is 175 Å². The summed E-state index contributed by atoms with van der Waals surface area (Å²) < 4.78 is 20.5. The van der Waals surface area contributed by atoms with Gasteiger partial charge < -0.3 is 76.6 Å². The van der Waals surface area contributed by atoms with Gasteiger partial charge in [0.1, 0.15) is 49.5 Å². The van der Waals surface area contributed by atoms with Crippen molar-refractivity contribution in [3.63, 3.8) is 0 Å². The van der Waals surface area contributed by atoms with Gasteiger partial charge in [0.15, 0.2) is 0 Å². The number of carboxylic acids is 4. The van der Waals surface area contributed by atoms with Gasteiger partial charge in [-0.1, -0.05) is 71.1 Å². The van der Waals surface area contributed by atoms with Crippen molar-refractivity contribution in [3.05, 3.63) is 0 Å². The van der Waals surface area contributed by atoms with Crippen LogP contribution in [0, 0.1) is 0 Å². The number of hydrogen-bond donors (Lipinski definition) is 11. The highest BCUT2D eigenvalue weighted by atomic mass is 16.6. The zero-order valence-corrected chi connectivity index (χ0v) is 47.4. The molecule has 28 heteroatoms. The van der Waals surface area contributed by atoms with Gasteiger partial charge in [0, 0.05) is 65.2 Å². The molecule has 81 heavy (non-hydrogen) atoms. The predicted octanol–water partition coefficient (Wildman–Crippen LogP) is 1.52. The standard InChI is InChI=1S/C53H89N7O21/c1-5-8-9-10-11-12-13-14-15-16-17-18-42(62)55-35(48(68)69)19-26-43(63)56-38(51(74)75)22-29-47(67)60-40(53(77)81-34-32-79-7-3)24-30-45(65)58-36(49(70)71)20-27-44(64)57-37(50(72)73)21-28-46(66)59-39(23-25-41(61)54-4)52(76)80-33-31-78-6-2/h35-40H,5-34H2,1-4H3,(H,54,61)(H,55,62)(H,56,63)(H,57,64)(H,58,65)(H,59,66)(H,60,67)(H,68,69)(H,70,71)(H,72,73)(H,74,75). The van der Waals surface area contributed by atoms with E-state index in [0.717, 1.165) is 25.7 Å². The Morgan fingerprint density at radius 2 is 0.568 bits per heavy atom. The van der Waals surface area contributed by atoms with E-state index in [9.17, 15) is 82.8 Å². The summed E-state index contributed by atoms with van der Waals surface area (Å²) in [5, 5.41) is 55.1. The van der Waals surface area contributed by atoms with Crippen molar-refractivity contribution in [1.82, 2.24) is 37.2 Å². The fraction of sp³-hybridized carbons (Fsp3) is 0.755. The minimum absolute atomic E-state index is 0.0329. The number of carbonyl (C=O) groups excluding carboxylic acids is 9. The molecule has 6 atom stereocenters. The number of unbranched alkanes of at least 4 members (excludes halogenated alkanes) is 10. The lowest BCUT2D eigenvalue weighted by Gasteiger charge is -2.20. The van der Waals surface area contributed by atoms with Crippen LogP contribution in [0.2, 0.25) is 0 Å². The monoisotopic (exact) mass is 1160 g/mol. The van der Waals surface area contributed by atoms with Crippen LogP contribution in [-0.4, -0.2) is 181 Å². The Balaban J connectivity index is 5.40. The van der Waals surface area contributed by atoms with Crippen LogP contribution in [0.4, 0.5) is 0 Å². The van der Waals surface area contributed by atoms with E-state index in [1.165, 1.54) is 45.6 Å². The van der Waals surface area contributed by atoms with E-state index in [0.29, 0.717) is 13.0 Å². The molecule has 0 spiro atoms. The molecule has 462 valence electrons. The number of esters is 2. The average Bonchev–Trinajstić information content (AvgIpc) is 3.42. The van der Waals surface area contributed by atoms with Crippen LogP contribution >= 0.6 is 0 Å². The van der Waals surface area contributed by atoms with Crippen molar-refractivity contribution in [3.8, 4) is 0 Å². The first-order valence-corrected chi connectivity index (χ1v) is 27.9. The molecule has 0 saturated heterocycles. The number of carboxylic acid groups (broad SMARTS) is 4. The Morgan fingerprint density at radius 1 is 0.321 bits per heavy atom. The Bertz CT molecular complexity index is 1990. The minimum Gasteiger partial charge on any atom is -0.480 e. The summed E-state index contributed by atoms with van der Waals surface area (Å²) in [5.74, 6) is -13.4. The average molecular weight is 1160 g/mol. The highest BCUT2D eigenvalue weighted by molar-refractivity contribution is 5.90. The molecule has 6 unspecified atom stereocenters. The van der Waals surface area contributed by atoms with Crippen molar-refractivity contribution < 1.29 is 102 Å². The maximum absolute atomic E-state index is 13.1. The van der Waals surface area contributed by atoms with Crippen LogP contribution in [0.3, 0.4) is 0 Å². The normalized spacial score (nSPS) is 13.1. The van der Waals surface area contributed by atoms with E-state index in [2.05, 4.69) is 44.1 Å². The molecule has 0 radical (unpaired) electrons. The van der Waals surface area contributed by atoms with Crippen molar-refractivity contribution in [2.24, 2.45) is 0 Å². The lowest BCUT2D eigenvalue weighted by atomic mass is 10.0. The largest absolute Gasteiger partial charge is 0.480 e. The highest BCUT2D eigenvalue weighted by Crippen LogP contribution is 2.13. The summed E-state index contributed by atoms with van der Waals surface area (Å²) in [5.41, 5.74) is 0. The number of nitrogens with one attached hydrogen (secondary N) is 7. The summed E-state index contributed by atoms with van der Waals surface area (Å²) in [6, 6.07) is -9.26. The van der Waals surface area contributed by atoms with Crippen LogP contribution in [0.15, 0.2) is 0 Å². The lowest BCUT2D eigenvalue weighted by Crippen LogP contribution is -2.46. The van der Waals surface area contributed by atoms with Gasteiger partial charge in [-0.2, -0.15) is 0 Å². The molecule has 0 heterocycles. The molecule has 28 nitrogen and oxygen atoms in total. The molecular formula is C53H89N7O21. The Labute approximate surface area is 472 Å². The molecule has 0 aliphatic rings. The zero-order valence-electron chi connectivity index (χ0n) is 47.4. The third-order valence-electron chi connectivity index (χ3n) is 12.4. The summed E-state index contributed by atoms with van der Waals surface area (Å²) in [7, 11) is 1.38. The molecule has 0 rings (SSSR count). The summed E-state index contributed by atoms with van der Waals surface area (Å²) in [6.07, 6.45) is 6.38. The number of ether oxygens (including phenoxy) is 4. The van der Waals surface area contributed by atoms with E-state index in [1.807, 2.05) is 0 Å². The van der Waals surface area contributed by atoms with Crippen LogP contribution in [0.25, 0.3) is 0 Å². The van der Waals surface area contributed by atoms with Crippen molar-refractivity contribution in [2.75, 3.05) is 46.7 Å². The van der Waals surface area contributed by atoms with Gasteiger partial charge in [0.25, 0.3) is 0 Å². The SMILES string of the molecule is CCCCCCCCCCCCCC(=O)NC(CCC(=O)NC(CCC(=O)NC(CCC(=O)NC(CCC(=O)NC(CCC(=O)NC(CCC(=O)NC)C(=O)OCCOCC)C(=O)O)C(=O)O)C(=O)OCCOCC)C(=O)O)C(=O)O. The topological polar surface area (TPSA) is 424 Å². The lowest BCUT2D eigenvalue weighted by molar-refractivity contribution is -0.150. The van der Waals surface area contributed by atoms with Crippen LogP contribution < -0.4 is 37.2 Å². The molecule has 0 aliphatic carbocycles. The molecule has 0 aliphatic heterocycles. The van der Waals surface area contributed by atoms with E-state index in [4.69, 9.17) is 18.9 Å². The zero-order chi connectivity index (χ0) is 61.0. The predicted molar refractivity (Wildman–Crippen MR) is 288 cm³/mol. The van der Waals surface area contributed by atoms with Crippen LogP contribution in [-0.2, 0) is 81.3 Å². The van der Waals surface area contributed by atoms with Gasteiger partial charge in [-0.15, -0.1) is 0 Å². The van der Waals surface area contributed by atoms with Gasteiger partial charge in [-0.3, -0.25) is 33.6 Å². The maximum atomic E-state index is 13.1. The number of hydrogen-bond acceptors (Lipinski definition) is 17. The first-order chi connectivity index (χ1) is 38.6. The summed E-state index contributed by atoms with van der Waals surface area (Å²) in [4.78, 5) is 163. The third kappa shape index (κ3) is 38.3. The molecule has 0 saturated carbocycles. The van der Waals surface area contributed by atoms with E-state index in [1.54, 1.807) is 13.8 Å². The van der Waals surface area contributed by atoms with Crippen LogP contribution in [0.5, 0.6) is 0 Å². The Hall–Kier alpha value is -6.97. The molecule has 7 amide bonds. The molecular weight excluding hydrogens is 1070 g/mol. The van der Waals surface area contributed by atoms with Crippen molar-refractivity contribution in [1.29, 1.82) is 0 Å². The quantitative estimate of drug-likeness (QED) is 0.0304. The smallest absolute Gasteiger partial charge is 0.328 e. The Morgan fingerprint density at radius 3 is 0.840 bits per heavy atom. The number of amides is 7. The van der Waals surface area contributed by atoms with E-state index < -0.39 is 171 Å². The first-order valence-electron chi connectivity index (χ1n) is 27.9. The number of aliphatic carboxylic acids is 4. The van der Waals surface area contributed by atoms with Gasteiger partial charge in [-0.25, -0.2) is 28.8 Å². The minimum atomic E-state index is -1.72. The van der Waals surface area contributed by atoms with E-state index in [-0.39, 0.29) is 58.7 Å². The van der Waals surface area contributed by atoms with E-state index >= 15 is 0 Å². The maximum Gasteiger partial charge on any atom is 0.328 e. The molecule has 11 N–H and O–H groups in total. The molecule has 0 bridgehead atoms. The number of carbonyl (C=O) groups is 13. The Kier molecular flexibility index (Phi) is 41.8. The second kappa shape index (κ2) is 45.7. The second-order valence-corrected chi connectivity index (χ2v) is 19.0. The summed E-state index contributed by atoms with van der Waals surface area (Å²) >= 11 is 0. The molecule has 0 aromatic carbocycles. The third-order valence-corrected chi connectivity index (χ3v) is 12.4. The fourth-order valence-corrected chi connectivity index (χ4v) is 7.75. The second-order valence-electron chi connectivity index (χ2n) is 19.0. The van der Waals surface area contributed by atoms with Crippen molar-refractivity contribution in [2.45, 2.75) is 211 Å². The molecule has 0 aromatic heterocycles. The fourth-order valence-electron chi connectivity index (χ4n) is 7.75. The first kappa shape index (κ1) is 74.0. The van der Waals surface area contributed by atoms with Gasteiger partial charge in [-0.05, 0) is 58.8 Å². The number of rotatable bonds is 50. The van der Waals surface area contributed by atoms with Gasteiger partial charge in [0.2, 0.25) is 41.4 Å². The molecule has 0 fully saturated rings.